The molecule has 0 aliphatic heterocycles. The molecule has 0 aliphatic rings. The Morgan fingerprint density at radius 2 is 0.659 bits per heavy atom. The van der Waals surface area contributed by atoms with E-state index >= 15 is 0 Å². The molecule has 41 heavy (non-hydrogen) atoms. The minimum atomic E-state index is -0.216. The monoisotopic (exact) mass is 546 g/mol. The van der Waals surface area contributed by atoms with E-state index in [1.54, 1.807) is 0 Å². The Kier molecular flexibility index (Phi) is 8.75. The highest BCUT2D eigenvalue weighted by Crippen LogP contribution is 2.27. The molecule has 0 radical (unpaired) electrons. The van der Waals surface area contributed by atoms with Gasteiger partial charge in [-0.25, -0.2) is 0 Å². The summed E-state index contributed by atoms with van der Waals surface area (Å²) in [5.41, 5.74) is 4.18. The van der Waals surface area contributed by atoms with Crippen molar-refractivity contribution in [3.05, 3.63) is 127 Å². The van der Waals surface area contributed by atoms with Crippen molar-refractivity contribution in [2.45, 2.75) is 26.4 Å². The van der Waals surface area contributed by atoms with E-state index in [0.717, 1.165) is 51.0 Å². The third-order valence-electron chi connectivity index (χ3n) is 6.15. The number of rotatable bonds is 11. The third kappa shape index (κ3) is 8.29. The Labute approximate surface area is 241 Å². The molecule has 5 aromatic rings. The highest BCUT2D eigenvalue weighted by atomic mass is 16.7. The lowest BCUT2D eigenvalue weighted by Gasteiger charge is -2.21. The zero-order valence-electron chi connectivity index (χ0n) is 23.6. The van der Waals surface area contributed by atoms with Gasteiger partial charge in [0.25, 0.3) is 0 Å². The highest BCUT2D eigenvalue weighted by Gasteiger charge is 2.11. The summed E-state index contributed by atoms with van der Waals surface area (Å²) in [6.07, 6.45) is 0. The normalized spacial score (nSPS) is 11.0. The van der Waals surface area contributed by atoms with E-state index in [0.29, 0.717) is 0 Å². The SMILES string of the molecule is CC(C)(C)Oc1ccc(-c2ccc(OCOc3ccc(-c4ccc(OCOc5ccccc5)cc4)cc3)cc2)cc1. The Morgan fingerprint density at radius 3 is 0.976 bits per heavy atom. The van der Waals surface area contributed by atoms with Crippen LogP contribution in [0.1, 0.15) is 20.8 Å². The molecular weight excluding hydrogens is 512 g/mol. The average molecular weight is 547 g/mol. The first-order valence-corrected chi connectivity index (χ1v) is 13.6. The molecule has 5 rings (SSSR count). The zero-order valence-corrected chi connectivity index (χ0v) is 23.6. The van der Waals surface area contributed by atoms with E-state index in [1.165, 1.54) is 0 Å². The van der Waals surface area contributed by atoms with Crippen LogP contribution >= 0.6 is 0 Å². The number of hydrogen-bond acceptors (Lipinski definition) is 5. The number of benzene rings is 5. The van der Waals surface area contributed by atoms with Crippen molar-refractivity contribution in [2.75, 3.05) is 13.6 Å². The molecule has 0 N–H and O–H groups in total. The van der Waals surface area contributed by atoms with Crippen LogP contribution in [0.5, 0.6) is 28.7 Å². The molecule has 0 spiro atoms. The van der Waals surface area contributed by atoms with Crippen molar-refractivity contribution in [1.29, 1.82) is 0 Å². The van der Waals surface area contributed by atoms with Crippen molar-refractivity contribution >= 4 is 0 Å². The lowest BCUT2D eigenvalue weighted by atomic mass is 10.1. The van der Waals surface area contributed by atoms with Crippen LogP contribution < -0.4 is 23.7 Å². The van der Waals surface area contributed by atoms with Crippen molar-refractivity contribution in [3.8, 4) is 51.0 Å². The fraction of sp³-hybridized carbons (Fsp3) is 0.167. The first-order chi connectivity index (χ1) is 19.9. The molecule has 0 bridgehead atoms. The maximum atomic E-state index is 5.91. The lowest BCUT2D eigenvalue weighted by molar-refractivity contribution is 0.119. The van der Waals surface area contributed by atoms with Crippen LogP contribution in [0.3, 0.4) is 0 Å². The van der Waals surface area contributed by atoms with Crippen LogP contribution in [0.25, 0.3) is 22.3 Å². The van der Waals surface area contributed by atoms with Crippen molar-refractivity contribution in [2.24, 2.45) is 0 Å². The second-order valence-electron chi connectivity index (χ2n) is 10.4. The van der Waals surface area contributed by atoms with Crippen LogP contribution in [0, 0.1) is 0 Å². The predicted octanol–water partition coefficient (Wildman–Crippen LogP) is 9.03. The van der Waals surface area contributed by atoms with Gasteiger partial charge in [-0.1, -0.05) is 66.7 Å². The zero-order chi connectivity index (χ0) is 28.5. The van der Waals surface area contributed by atoms with Crippen LogP contribution in [0.4, 0.5) is 0 Å². The van der Waals surface area contributed by atoms with Gasteiger partial charge in [0.05, 0.1) is 0 Å². The van der Waals surface area contributed by atoms with E-state index < -0.39 is 0 Å². The predicted molar refractivity (Wildman–Crippen MR) is 163 cm³/mol. The number of hydrogen-bond donors (Lipinski definition) is 0. The molecule has 5 aromatic carbocycles. The second kappa shape index (κ2) is 13.0. The topological polar surface area (TPSA) is 46.2 Å². The summed E-state index contributed by atoms with van der Waals surface area (Å²) < 4.78 is 28.8. The van der Waals surface area contributed by atoms with Crippen LogP contribution in [-0.2, 0) is 0 Å². The molecule has 0 aliphatic carbocycles. The van der Waals surface area contributed by atoms with Crippen LogP contribution in [0.2, 0.25) is 0 Å². The largest absolute Gasteiger partial charge is 0.488 e. The summed E-state index contributed by atoms with van der Waals surface area (Å²) in [4.78, 5) is 0. The highest BCUT2D eigenvalue weighted by molar-refractivity contribution is 5.65. The Bertz CT molecular complexity index is 1490. The third-order valence-corrected chi connectivity index (χ3v) is 6.15. The molecule has 0 unspecified atom stereocenters. The molecule has 0 atom stereocenters. The smallest absolute Gasteiger partial charge is 0.230 e. The number of ether oxygens (including phenoxy) is 5. The number of para-hydroxylation sites is 1. The molecule has 208 valence electrons. The van der Waals surface area contributed by atoms with Gasteiger partial charge in [0.1, 0.15) is 34.3 Å². The quantitative estimate of drug-likeness (QED) is 0.155. The maximum absolute atomic E-state index is 5.91. The minimum Gasteiger partial charge on any atom is -0.488 e. The van der Waals surface area contributed by atoms with Crippen molar-refractivity contribution in [1.82, 2.24) is 0 Å². The van der Waals surface area contributed by atoms with Gasteiger partial charge in [0.15, 0.2) is 0 Å². The van der Waals surface area contributed by atoms with Gasteiger partial charge in [-0.15, -0.1) is 0 Å². The van der Waals surface area contributed by atoms with E-state index in [4.69, 9.17) is 23.7 Å². The Hall–Kier alpha value is -4.90. The molecule has 0 saturated heterocycles. The van der Waals surface area contributed by atoms with E-state index in [2.05, 4.69) is 12.1 Å². The van der Waals surface area contributed by atoms with Crippen molar-refractivity contribution < 1.29 is 23.7 Å². The van der Waals surface area contributed by atoms with Gasteiger partial charge in [0, 0.05) is 0 Å². The minimum absolute atomic E-state index is 0.120. The van der Waals surface area contributed by atoms with Gasteiger partial charge < -0.3 is 23.7 Å². The molecule has 5 heteroatoms. The summed E-state index contributed by atoms with van der Waals surface area (Å²) in [7, 11) is 0. The molecule has 5 nitrogen and oxygen atoms in total. The van der Waals surface area contributed by atoms with Crippen LogP contribution in [0.15, 0.2) is 127 Å². The first-order valence-electron chi connectivity index (χ1n) is 13.6. The Balaban J connectivity index is 1.07. The fourth-order valence-corrected chi connectivity index (χ4v) is 4.15. The van der Waals surface area contributed by atoms with E-state index in [1.807, 2.05) is 136 Å². The van der Waals surface area contributed by atoms with Crippen molar-refractivity contribution in [3.63, 3.8) is 0 Å². The molecule has 0 amide bonds. The van der Waals surface area contributed by atoms with Gasteiger partial charge in [-0.3, -0.25) is 0 Å². The summed E-state index contributed by atoms with van der Waals surface area (Å²) in [5.74, 6) is 3.87. The summed E-state index contributed by atoms with van der Waals surface area (Å²) >= 11 is 0. The fourth-order valence-electron chi connectivity index (χ4n) is 4.15. The standard InChI is InChI=1S/C36H34O5/c1-36(2,3)41-35-23-15-30(16-24-35)29-13-21-34(22-14-29)40-26-39-33-19-11-28(12-20-33)27-9-17-32(18-10-27)38-25-37-31-7-5-4-6-8-31/h4-24H,25-26H2,1-3H3. The second-order valence-corrected chi connectivity index (χ2v) is 10.4. The van der Waals surface area contributed by atoms with Gasteiger partial charge >= 0.3 is 0 Å². The van der Waals surface area contributed by atoms with Gasteiger partial charge in [0.2, 0.25) is 13.6 Å². The maximum Gasteiger partial charge on any atom is 0.230 e. The first kappa shape index (κ1) is 27.7. The summed E-state index contributed by atoms with van der Waals surface area (Å²) in [6.45, 7) is 6.40. The lowest BCUT2D eigenvalue weighted by Crippen LogP contribution is -2.22. The molecule has 0 aromatic heterocycles. The van der Waals surface area contributed by atoms with Gasteiger partial charge in [-0.2, -0.15) is 0 Å². The molecule has 0 saturated carbocycles. The van der Waals surface area contributed by atoms with E-state index in [-0.39, 0.29) is 19.2 Å². The van der Waals surface area contributed by atoms with Crippen LogP contribution in [-0.4, -0.2) is 19.2 Å². The molecule has 0 heterocycles. The summed E-state index contributed by atoms with van der Waals surface area (Å²) in [5, 5.41) is 0. The Morgan fingerprint density at radius 1 is 0.366 bits per heavy atom. The summed E-state index contributed by atoms with van der Waals surface area (Å²) in [6, 6.07) is 41.5. The molecular formula is C36H34O5. The van der Waals surface area contributed by atoms with E-state index in [9.17, 15) is 0 Å². The van der Waals surface area contributed by atoms with Gasteiger partial charge in [-0.05, 0) is 104 Å². The average Bonchev–Trinajstić information content (AvgIpc) is 2.99. The molecule has 0 fully saturated rings.